The van der Waals surface area contributed by atoms with E-state index in [1.807, 2.05) is 0 Å². The van der Waals surface area contributed by atoms with Gasteiger partial charge in [-0.1, -0.05) is 29.8 Å². The second kappa shape index (κ2) is 6.59. The van der Waals surface area contributed by atoms with Crippen molar-refractivity contribution in [3.05, 3.63) is 27.1 Å². The van der Waals surface area contributed by atoms with E-state index in [-0.39, 0.29) is 5.54 Å². The Morgan fingerprint density at radius 2 is 2.00 bits per heavy atom. The van der Waals surface area contributed by atoms with Gasteiger partial charge in [0.2, 0.25) is 0 Å². The summed E-state index contributed by atoms with van der Waals surface area (Å²) in [5.74, 6) is 0. The molecule has 4 heteroatoms. The Morgan fingerprint density at radius 1 is 1.26 bits per heavy atom. The fraction of sp³-hybridized carbons (Fsp3) is 0.600. The highest BCUT2D eigenvalue weighted by molar-refractivity contribution is 9.11. The topological polar surface area (TPSA) is 15.3 Å². The van der Waals surface area contributed by atoms with Crippen LogP contribution in [0.5, 0.6) is 0 Å². The second-order valence-corrected chi connectivity index (χ2v) is 7.06. The summed E-state index contributed by atoms with van der Waals surface area (Å²) in [5.41, 5.74) is 1.56. The summed E-state index contributed by atoms with van der Waals surface area (Å²) in [5, 5.41) is 3.76. The molecule has 0 unspecified atom stereocenters. The summed E-state index contributed by atoms with van der Waals surface area (Å²) in [6.45, 7) is 7.90. The van der Waals surface area contributed by atoms with Gasteiger partial charge in [-0.15, -0.1) is 0 Å². The van der Waals surface area contributed by atoms with Crippen molar-refractivity contribution in [1.29, 1.82) is 0 Å². The fourth-order valence-corrected chi connectivity index (χ4v) is 4.09. The van der Waals surface area contributed by atoms with Crippen molar-refractivity contribution in [1.82, 2.24) is 5.32 Å². The summed E-state index contributed by atoms with van der Waals surface area (Å²) in [6.07, 6.45) is 3.55. The number of hydrogen-bond acceptors (Lipinski definition) is 2. The van der Waals surface area contributed by atoms with E-state index in [1.54, 1.807) is 0 Å². The molecule has 19 heavy (non-hydrogen) atoms. The molecular weight excluding hydrogens is 368 g/mol. The SMILES string of the molecule is CCC1(CC)CN(c2ccc(Br)cc2Br)CCCN1. The maximum absolute atomic E-state index is 3.76. The number of nitrogens with one attached hydrogen (secondary N) is 1. The van der Waals surface area contributed by atoms with E-state index in [2.05, 4.69) is 74.1 Å². The Labute approximate surface area is 133 Å². The minimum Gasteiger partial charge on any atom is -0.369 e. The van der Waals surface area contributed by atoms with Gasteiger partial charge in [0.05, 0.1) is 5.69 Å². The van der Waals surface area contributed by atoms with Crippen LogP contribution in [0.3, 0.4) is 0 Å². The molecule has 1 fully saturated rings. The van der Waals surface area contributed by atoms with Crippen LogP contribution in [0.2, 0.25) is 0 Å². The minimum atomic E-state index is 0.253. The lowest BCUT2D eigenvalue weighted by molar-refractivity contribution is 0.321. The molecule has 0 aliphatic carbocycles. The van der Waals surface area contributed by atoms with Gasteiger partial charge in [-0.3, -0.25) is 0 Å². The molecule has 106 valence electrons. The smallest absolute Gasteiger partial charge is 0.0512 e. The van der Waals surface area contributed by atoms with E-state index in [0.717, 1.165) is 24.1 Å². The van der Waals surface area contributed by atoms with Gasteiger partial charge in [-0.25, -0.2) is 0 Å². The van der Waals surface area contributed by atoms with Crippen molar-refractivity contribution < 1.29 is 0 Å². The number of nitrogens with zero attached hydrogens (tertiary/aromatic N) is 1. The normalized spacial score (nSPS) is 19.3. The zero-order valence-electron chi connectivity index (χ0n) is 11.7. The zero-order valence-corrected chi connectivity index (χ0v) is 14.8. The minimum absolute atomic E-state index is 0.253. The molecule has 0 saturated carbocycles. The number of halogens is 2. The first-order chi connectivity index (χ1) is 9.10. The predicted molar refractivity (Wildman–Crippen MR) is 90.0 cm³/mol. The van der Waals surface area contributed by atoms with Crippen LogP contribution in [0.25, 0.3) is 0 Å². The van der Waals surface area contributed by atoms with Gasteiger partial charge in [-0.2, -0.15) is 0 Å². The Kier molecular flexibility index (Phi) is 5.32. The molecule has 0 spiro atoms. The molecule has 1 aromatic rings. The molecule has 1 aliphatic heterocycles. The number of hydrogen-bond donors (Lipinski definition) is 1. The van der Waals surface area contributed by atoms with Gasteiger partial charge in [-0.05, 0) is 59.9 Å². The standard InChI is InChI=1S/C15H22Br2N2/c1-3-15(4-2)11-19(9-5-8-18-15)14-7-6-12(16)10-13(14)17/h6-7,10,18H,3-5,8-9,11H2,1-2H3. The van der Waals surface area contributed by atoms with Crippen LogP contribution in [0.4, 0.5) is 5.69 Å². The van der Waals surface area contributed by atoms with Crippen LogP contribution in [0.1, 0.15) is 33.1 Å². The summed E-state index contributed by atoms with van der Waals surface area (Å²) in [6, 6.07) is 6.46. The van der Waals surface area contributed by atoms with Crippen LogP contribution in [-0.2, 0) is 0 Å². The van der Waals surface area contributed by atoms with Gasteiger partial charge in [0.25, 0.3) is 0 Å². The van der Waals surface area contributed by atoms with Crippen LogP contribution < -0.4 is 10.2 Å². The average molecular weight is 390 g/mol. The van der Waals surface area contributed by atoms with Crippen molar-refractivity contribution in [3.63, 3.8) is 0 Å². The zero-order chi connectivity index (χ0) is 13.9. The van der Waals surface area contributed by atoms with Crippen LogP contribution >= 0.6 is 31.9 Å². The van der Waals surface area contributed by atoms with Crippen molar-refractivity contribution >= 4 is 37.5 Å². The third-order valence-electron chi connectivity index (χ3n) is 4.20. The molecule has 2 rings (SSSR count). The first-order valence-electron chi connectivity index (χ1n) is 7.05. The van der Waals surface area contributed by atoms with E-state index in [1.165, 1.54) is 29.4 Å². The van der Waals surface area contributed by atoms with E-state index in [0.29, 0.717) is 0 Å². The molecular formula is C15H22Br2N2. The molecule has 2 nitrogen and oxygen atoms in total. The van der Waals surface area contributed by atoms with E-state index in [9.17, 15) is 0 Å². The largest absolute Gasteiger partial charge is 0.369 e. The van der Waals surface area contributed by atoms with Crippen molar-refractivity contribution in [2.75, 3.05) is 24.5 Å². The molecule has 0 aromatic heterocycles. The molecule has 0 atom stereocenters. The predicted octanol–water partition coefficient (Wildman–Crippen LogP) is 4.57. The molecule has 1 N–H and O–H groups in total. The molecule has 1 aromatic carbocycles. The molecule has 1 heterocycles. The first-order valence-corrected chi connectivity index (χ1v) is 8.64. The third-order valence-corrected chi connectivity index (χ3v) is 5.33. The van der Waals surface area contributed by atoms with Gasteiger partial charge >= 0.3 is 0 Å². The lowest BCUT2D eigenvalue weighted by Gasteiger charge is -2.36. The third kappa shape index (κ3) is 3.53. The molecule has 0 amide bonds. The van der Waals surface area contributed by atoms with Crippen molar-refractivity contribution in [3.8, 4) is 0 Å². The van der Waals surface area contributed by atoms with E-state index >= 15 is 0 Å². The average Bonchev–Trinajstić information content (AvgIpc) is 2.62. The van der Waals surface area contributed by atoms with Crippen molar-refractivity contribution in [2.24, 2.45) is 0 Å². The van der Waals surface area contributed by atoms with E-state index in [4.69, 9.17) is 0 Å². The van der Waals surface area contributed by atoms with Gasteiger partial charge in [0, 0.05) is 27.6 Å². The maximum atomic E-state index is 3.76. The quantitative estimate of drug-likeness (QED) is 0.814. The Bertz CT molecular complexity index is 430. The van der Waals surface area contributed by atoms with Crippen LogP contribution in [-0.4, -0.2) is 25.2 Å². The van der Waals surface area contributed by atoms with Gasteiger partial charge in [0.1, 0.15) is 0 Å². The van der Waals surface area contributed by atoms with Crippen LogP contribution in [0, 0.1) is 0 Å². The summed E-state index contributed by atoms with van der Waals surface area (Å²) < 4.78 is 2.29. The highest BCUT2D eigenvalue weighted by Crippen LogP contribution is 2.32. The van der Waals surface area contributed by atoms with Crippen LogP contribution in [0.15, 0.2) is 27.1 Å². The Morgan fingerprint density at radius 3 is 2.63 bits per heavy atom. The molecule has 0 radical (unpaired) electrons. The lowest BCUT2D eigenvalue weighted by Crippen LogP contribution is -2.50. The fourth-order valence-electron chi connectivity index (χ4n) is 2.79. The van der Waals surface area contributed by atoms with Gasteiger partial charge in [0.15, 0.2) is 0 Å². The number of anilines is 1. The number of benzene rings is 1. The molecule has 1 aliphatic rings. The monoisotopic (exact) mass is 388 g/mol. The first kappa shape index (κ1) is 15.3. The summed E-state index contributed by atoms with van der Waals surface area (Å²) >= 11 is 7.22. The van der Waals surface area contributed by atoms with E-state index < -0.39 is 0 Å². The van der Waals surface area contributed by atoms with Gasteiger partial charge < -0.3 is 10.2 Å². The Balaban J connectivity index is 2.27. The maximum Gasteiger partial charge on any atom is 0.0512 e. The van der Waals surface area contributed by atoms with Crippen molar-refractivity contribution in [2.45, 2.75) is 38.6 Å². The summed E-state index contributed by atoms with van der Waals surface area (Å²) in [4.78, 5) is 2.52. The lowest BCUT2D eigenvalue weighted by atomic mass is 9.92. The summed E-state index contributed by atoms with van der Waals surface area (Å²) in [7, 11) is 0. The Hall–Kier alpha value is -0.0600. The highest BCUT2D eigenvalue weighted by atomic mass is 79.9. The molecule has 0 bridgehead atoms. The number of rotatable bonds is 3. The second-order valence-electron chi connectivity index (χ2n) is 5.29. The highest BCUT2D eigenvalue weighted by Gasteiger charge is 2.30. The molecule has 1 saturated heterocycles.